The lowest BCUT2D eigenvalue weighted by Crippen LogP contribution is -2.53. The Morgan fingerprint density at radius 3 is 2.46 bits per heavy atom. The first kappa shape index (κ1) is 25.1. The normalized spacial score (nSPS) is 16.3. The van der Waals surface area contributed by atoms with Gasteiger partial charge in [0.25, 0.3) is 5.56 Å². The van der Waals surface area contributed by atoms with Crippen LogP contribution in [-0.2, 0) is 0 Å². The van der Waals surface area contributed by atoms with Crippen LogP contribution in [-0.4, -0.2) is 71.7 Å². The van der Waals surface area contributed by atoms with Crippen molar-refractivity contribution in [3.8, 4) is 5.95 Å². The smallest absolute Gasteiger partial charge is 0.284 e. The van der Waals surface area contributed by atoms with Gasteiger partial charge in [0.05, 0.1) is 5.52 Å². The van der Waals surface area contributed by atoms with Gasteiger partial charge in [-0.25, -0.2) is 24.6 Å². The van der Waals surface area contributed by atoms with Crippen LogP contribution in [0.4, 0.5) is 17.3 Å². The Balaban J connectivity index is 1.22. The molecule has 1 fully saturated rings. The van der Waals surface area contributed by atoms with Gasteiger partial charge in [0.2, 0.25) is 11.9 Å². The highest BCUT2D eigenvalue weighted by molar-refractivity contribution is 5.95. The van der Waals surface area contributed by atoms with E-state index in [0.29, 0.717) is 40.5 Å². The van der Waals surface area contributed by atoms with Crippen molar-refractivity contribution in [3.05, 3.63) is 83.5 Å². The third-order valence-corrected chi connectivity index (χ3v) is 7.87. The van der Waals surface area contributed by atoms with Crippen molar-refractivity contribution in [2.75, 3.05) is 36.9 Å². The van der Waals surface area contributed by atoms with Gasteiger partial charge in [0.1, 0.15) is 5.39 Å². The van der Waals surface area contributed by atoms with Gasteiger partial charge < -0.3 is 10.2 Å². The average Bonchev–Trinajstić information content (AvgIpc) is 3.33. The Morgan fingerprint density at radius 1 is 0.902 bits per heavy atom. The number of nitrogens with zero attached hydrogens (tertiary/aromatic N) is 9. The van der Waals surface area contributed by atoms with Crippen LogP contribution >= 0.6 is 0 Å². The first-order valence-electron chi connectivity index (χ1n) is 13.8. The lowest BCUT2D eigenvalue weighted by atomic mass is 10.00. The van der Waals surface area contributed by atoms with Crippen molar-refractivity contribution in [1.29, 1.82) is 0 Å². The van der Waals surface area contributed by atoms with E-state index in [1.807, 2.05) is 36.4 Å². The van der Waals surface area contributed by atoms with Gasteiger partial charge in [0.15, 0.2) is 11.3 Å². The molecule has 41 heavy (non-hydrogen) atoms. The molecule has 5 heterocycles. The topological polar surface area (TPSA) is 109 Å². The fourth-order valence-corrected chi connectivity index (χ4v) is 5.68. The first-order valence-corrected chi connectivity index (χ1v) is 13.8. The minimum absolute atomic E-state index is 0.295. The molecule has 0 bridgehead atoms. The molecule has 0 radical (unpaired) electrons. The highest BCUT2D eigenvalue weighted by atomic mass is 16.1. The van der Waals surface area contributed by atoms with Crippen molar-refractivity contribution in [2.24, 2.45) is 5.92 Å². The number of anilines is 3. The van der Waals surface area contributed by atoms with Gasteiger partial charge in [-0.05, 0) is 55.4 Å². The molecule has 11 heteroatoms. The van der Waals surface area contributed by atoms with Gasteiger partial charge in [0, 0.05) is 61.0 Å². The molecule has 11 nitrogen and oxygen atoms in total. The van der Waals surface area contributed by atoms with Crippen molar-refractivity contribution >= 4 is 44.9 Å². The number of hydrogen-bond donors (Lipinski definition) is 1. The fraction of sp³-hybridized carbons (Fsp3) is 0.267. The van der Waals surface area contributed by atoms with E-state index in [9.17, 15) is 4.79 Å². The van der Waals surface area contributed by atoms with Gasteiger partial charge >= 0.3 is 0 Å². The Bertz CT molecular complexity index is 1930. The van der Waals surface area contributed by atoms with E-state index in [1.165, 1.54) is 16.4 Å². The van der Waals surface area contributed by atoms with E-state index in [1.54, 1.807) is 23.1 Å². The highest BCUT2D eigenvalue weighted by Gasteiger charge is 2.26. The summed E-state index contributed by atoms with van der Waals surface area (Å²) in [6.07, 6.45) is 4.80. The van der Waals surface area contributed by atoms with E-state index in [-0.39, 0.29) is 5.56 Å². The molecule has 1 saturated heterocycles. The number of aromatic nitrogens is 7. The SMILES string of the molecule is CC(C)[C@H]1CN(c2ccc(Nc3ncc4c(=O)n5c(nc4n3)c3ccccc3n5-c3ncccn3)cc2)CCN1C. The van der Waals surface area contributed by atoms with Crippen LogP contribution in [0.2, 0.25) is 0 Å². The molecule has 7 rings (SSSR count). The number of para-hydroxylation sites is 1. The van der Waals surface area contributed by atoms with E-state index < -0.39 is 0 Å². The molecule has 0 saturated carbocycles. The zero-order valence-electron chi connectivity index (χ0n) is 23.1. The van der Waals surface area contributed by atoms with Crippen LogP contribution in [0.15, 0.2) is 78.0 Å². The quantitative estimate of drug-likeness (QED) is 0.344. The fourth-order valence-electron chi connectivity index (χ4n) is 5.68. The van der Waals surface area contributed by atoms with Crippen molar-refractivity contribution in [3.63, 3.8) is 0 Å². The van der Waals surface area contributed by atoms with E-state index in [2.05, 4.69) is 68.1 Å². The number of fused-ring (bicyclic) bond motifs is 4. The van der Waals surface area contributed by atoms with Crippen LogP contribution in [0.1, 0.15) is 13.8 Å². The zero-order chi connectivity index (χ0) is 28.1. The van der Waals surface area contributed by atoms with Crippen LogP contribution in [0.5, 0.6) is 0 Å². The van der Waals surface area contributed by atoms with Gasteiger partial charge in [-0.2, -0.15) is 9.50 Å². The second kappa shape index (κ2) is 9.93. The van der Waals surface area contributed by atoms with E-state index >= 15 is 0 Å². The van der Waals surface area contributed by atoms with Crippen molar-refractivity contribution < 1.29 is 0 Å². The molecular weight excluding hydrogens is 516 g/mol. The Kier molecular flexibility index (Phi) is 6.08. The predicted molar refractivity (Wildman–Crippen MR) is 160 cm³/mol. The zero-order valence-corrected chi connectivity index (χ0v) is 23.1. The molecule has 2 aromatic carbocycles. The summed E-state index contributed by atoms with van der Waals surface area (Å²) in [6.45, 7) is 7.63. The van der Waals surface area contributed by atoms with Crippen LogP contribution in [0.25, 0.3) is 33.5 Å². The maximum Gasteiger partial charge on any atom is 0.284 e. The third-order valence-electron chi connectivity index (χ3n) is 7.87. The number of likely N-dealkylation sites (N-methyl/N-ethyl adjacent to an activating group) is 1. The molecule has 1 atom stereocenters. The second-order valence-corrected chi connectivity index (χ2v) is 10.8. The summed E-state index contributed by atoms with van der Waals surface area (Å²) in [5.74, 6) is 1.34. The maximum absolute atomic E-state index is 13.7. The Hall–Kier alpha value is -4.90. The van der Waals surface area contributed by atoms with Crippen LogP contribution in [0.3, 0.4) is 0 Å². The predicted octanol–water partition coefficient (Wildman–Crippen LogP) is 3.89. The molecule has 206 valence electrons. The number of rotatable bonds is 5. The summed E-state index contributed by atoms with van der Waals surface area (Å²) in [4.78, 5) is 41.2. The first-order chi connectivity index (χ1) is 20.0. The summed E-state index contributed by atoms with van der Waals surface area (Å²) < 4.78 is 3.16. The number of hydrogen-bond acceptors (Lipinski definition) is 9. The van der Waals surface area contributed by atoms with Crippen LogP contribution < -0.4 is 15.8 Å². The molecule has 1 N–H and O–H groups in total. The number of piperazine rings is 1. The summed E-state index contributed by atoms with van der Waals surface area (Å²) >= 11 is 0. The largest absolute Gasteiger partial charge is 0.369 e. The minimum atomic E-state index is -0.295. The molecular formula is C30H30N10O. The third kappa shape index (κ3) is 4.34. The van der Waals surface area contributed by atoms with Gasteiger partial charge in [-0.3, -0.25) is 9.69 Å². The standard InChI is InChI=1S/C30H30N10O/c1-19(2)25-18-38(16-15-37(25)3)21-11-9-20(10-12-21)34-29-33-17-23-26(36-29)35-27-22-7-4-5-8-24(22)39(40(27)28(23)41)30-31-13-6-14-32-30/h4-14,17,19,25H,15-16,18H2,1-3H3,(H,33,34,36)/t25-/m1/s1. The Morgan fingerprint density at radius 2 is 1.68 bits per heavy atom. The lowest BCUT2D eigenvalue weighted by Gasteiger charge is -2.42. The molecule has 6 aromatic rings. The number of benzene rings is 2. The molecule has 0 amide bonds. The van der Waals surface area contributed by atoms with Crippen molar-refractivity contribution in [2.45, 2.75) is 19.9 Å². The summed E-state index contributed by atoms with van der Waals surface area (Å²) in [6, 6.07) is 18.2. The second-order valence-electron chi connectivity index (χ2n) is 10.8. The lowest BCUT2D eigenvalue weighted by molar-refractivity contribution is 0.173. The summed E-state index contributed by atoms with van der Waals surface area (Å²) in [7, 11) is 2.21. The van der Waals surface area contributed by atoms with E-state index in [4.69, 9.17) is 4.98 Å². The monoisotopic (exact) mass is 546 g/mol. The Labute approximate surface area is 236 Å². The average molecular weight is 547 g/mol. The van der Waals surface area contributed by atoms with Gasteiger partial charge in [-0.1, -0.05) is 26.0 Å². The minimum Gasteiger partial charge on any atom is -0.369 e. The molecule has 0 spiro atoms. The molecule has 0 unspecified atom stereocenters. The van der Waals surface area contributed by atoms with Crippen molar-refractivity contribution in [1.82, 2.24) is 39.0 Å². The van der Waals surface area contributed by atoms with E-state index in [0.717, 1.165) is 36.2 Å². The maximum atomic E-state index is 13.7. The molecule has 4 aromatic heterocycles. The van der Waals surface area contributed by atoms with Crippen LogP contribution in [0, 0.1) is 5.92 Å². The number of nitrogens with one attached hydrogen (secondary N) is 1. The summed E-state index contributed by atoms with van der Waals surface area (Å²) in [5.41, 5.74) is 3.33. The highest BCUT2D eigenvalue weighted by Crippen LogP contribution is 2.26. The molecule has 1 aliphatic rings. The van der Waals surface area contributed by atoms with Gasteiger partial charge in [-0.15, -0.1) is 0 Å². The molecule has 0 aliphatic carbocycles. The molecule has 1 aliphatic heterocycles. The summed E-state index contributed by atoms with van der Waals surface area (Å²) in [5, 5.41) is 4.37.